The van der Waals surface area contributed by atoms with Crippen molar-refractivity contribution in [3.63, 3.8) is 0 Å². The Morgan fingerprint density at radius 1 is 1.14 bits per heavy atom. The fraction of sp³-hybridized carbons (Fsp3) is 0.542. The molecule has 3 N–H and O–H groups in total. The van der Waals surface area contributed by atoms with Crippen molar-refractivity contribution >= 4 is 17.5 Å². The molecule has 0 bridgehead atoms. The summed E-state index contributed by atoms with van der Waals surface area (Å²) in [6.45, 7) is 8.65. The normalized spacial score (nSPS) is 21.4. The number of nitrogens with zero attached hydrogens (tertiary/aromatic N) is 6. The number of hydrogen-bond acceptors (Lipinski definition) is 9. The maximum atomic E-state index is 14.6. The molecule has 0 amide bonds. The second kappa shape index (κ2) is 7.58. The van der Waals surface area contributed by atoms with Crippen LogP contribution < -0.4 is 20.7 Å². The molecule has 11 heteroatoms. The van der Waals surface area contributed by atoms with Crippen molar-refractivity contribution in [2.24, 2.45) is 0 Å². The molecule has 35 heavy (non-hydrogen) atoms. The summed E-state index contributed by atoms with van der Waals surface area (Å²) in [6.07, 6.45) is 5.78. The van der Waals surface area contributed by atoms with Gasteiger partial charge in [-0.05, 0) is 88.4 Å². The standard InChI is InChI=1S/C24H30FN9O/c1-22(2)11-15(12-23(3,4)31-22)27-19-16(25)13-26-21(29-19)28-14-6-7-18-17(10-14)34-20(30-32-33-34)24(35-18)8-5-9-24/h6-7,10,13,15,31H,5,8-9,11-12H2,1-4H3,(H2,26,27,28,29). The highest BCUT2D eigenvalue weighted by Gasteiger charge is 2.49. The molecule has 0 atom stereocenters. The highest BCUT2D eigenvalue weighted by molar-refractivity contribution is 5.64. The van der Waals surface area contributed by atoms with E-state index >= 15 is 0 Å². The maximum absolute atomic E-state index is 14.6. The van der Waals surface area contributed by atoms with Crippen molar-refractivity contribution in [2.45, 2.75) is 82.5 Å². The molecular weight excluding hydrogens is 449 g/mol. The van der Waals surface area contributed by atoms with Gasteiger partial charge in [0.2, 0.25) is 5.95 Å². The number of ether oxygens (including phenoxy) is 1. The summed E-state index contributed by atoms with van der Waals surface area (Å²) in [4.78, 5) is 8.59. The molecule has 2 aromatic heterocycles. The number of aromatic nitrogens is 6. The van der Waals surface area contributed by atoms with E-state index < -0.39 is 11.4 Å². The topological polar surface area (TPSA) is 115 Å². The molecule has 10 nitrogen and oxygen atoms in total. The summed E-state index contributed by atoms with van der Waals surface area (Å²) in [5, 5.41) is 22.4. The van der Waals surface area contributed by atoms with E-state index in [9.17, 15) is 4.39 Å². The Hall–Kier alpha value is -3.34. The molecule has 1 saturated heterocycles. The van der Waals surface area contributed by atoms with Gasteiger partial charge in [-0.25, -0.2) is 9.37 Å². The van der Waals surface area contributed by atoms with Gasteiger partial charge in [0.25, 0.3) is 0 Å². The molecule has 1 aliphatic carbocycles. The monoisotopic (exact) mass is 479 g/mol. The number of hydrogen-bond donors (Lipinski definition) is 3. The molecule has 2 aliphatic heterocycles. The van der Waals surface area contributed by atoms with Gasteiger partial charge in [-0.15, -0.1) is 5.10 Å². The van der Waals surface area contributed by atoms with Crippen LogP contribution in [0.2, 0.25) is 0 Å². The first-order chi connectivity index (χ1) is 16.6. The van der Waals surface area contributed by atoms with Crippen LogP contribution in [0.4, 0.5) is 21.8 Å². The van der Waals surface area contributed by atoms with Crippen molar-refractivity contribution in [2.75, 3.05) is 10.6 Å². The molecule has 1 aromatic carbocycles. The fourth-order valence-corrected chi connectivity index (χ4v) is 5.84. The van der Waals surface area contributed by atoms with E-state index in [2.05, 4.69) is 69.1 Å². The van der Waals surface area contributed by atoms with Gasteiger partial charge in [0.1, 0.15) is 11.4 Å². The zero-order chi connectivity index (χ0) is 24.4. The van der Waals surface area contributed by atoms with Crippen LogP contribution in [0.15, 0.2) is 24.4 Å². The van der Waals surface area contributed by atoms with Crippen molar-refractivity contribution < 1.29 is 9.13 Å². The predicted molar refractivity (Wildman–Crippen MR) is 129 cm³/mol. The van der Waals surface area contributed by atoms with E-state index in [-0.39, 0.29) is 22.9 Å². The van der Waals surface area contributed by atoms with Gasteiger partial charge in [-0.2, -0.15) is 9.67 Å². The quantitative estimate of drug-likeness (QED) is 0.514. The highest BCUT2D eigenvalue weighted by atomic mass is 19.1. The first-order valence-electron chi connectivity index (χ1n) is 12.1. The molecular formula is C24H30FN9O. The Kier molecular flexibility index (Phi) is 4.79. The highest BCUT2D eigenvalue weighted by Crippen LogP contribution is 2.49. The Morgan fingerprint density at radius 3 is 2.63 bits per heavy atom. The van der Waals surface area contributed by atoms with Gasteiger partial charge in [0.05, 0.1) is 6.20 Å². The van der Waals surface area contributed by atoms with Crippen LogP contribution in [0, 0.1) is 5.82 Å². The summed E-state index contributed by atoms with van der Waals surface area (Å²) in [6, 6.07) is 5.75. The van der Waals surface area contributed by atoms with E-state index in [0.717, 1.165) is 55.1 Å². The van der Waals surface area contributed by atoms with Gasteiger partial charge < -0.3 is 20.7 Å². The van der Waals surface area contributed by atoms with Crippen LogP contribution in [-0.4, -0.2) is 47.3 Å². The molecule has 6 rings (SSSR count). The molecule has 0 radical (unpaired) electrons. The summed E-state index contributed by atoms with van der Waals surface area (Å²) in [7, 11) is 0. The van der Waals surface area contributed by atoms with Gasteiger partial charge in [-0.1, -0.05) is 0 Å². The molecule has 3 aliphatic rings. The van der Waals surface area contributed by atoms with Crippen LogP contribution in [-0.2, 0) is 5.60 Å². The number of piperidine rings is 1. The minimum absolute atomic E-state index is 0.0671. The van der Waals surface area contributed by atoms with E-state index in [1.165, 1.54) is 6.20 Å². The lowest BCUT2D eigenvalue weighted by Crippen LogP contribution is -2.60. The van der Waals surface area contributed by atoms with Crippen LogP contribution in [0.1, 0.15) is 65.6 Å². The SMILES string of the molecule is CC1(C)CC(Nc2nc(Nc3ccc4c(c3)-n3nnnc3C3(CCC3)O4)ncc2F)CC(C)(C)N1. The van der Waals surface area contributed by atoms with E-state index in [0.29, 0.717) is 5.95 Å². The summed E-state index contributed by atoms with van der Waals surface area (Å²) in [5.74, 6) is 1.47. The Bertz CT molecular complexity index is 1270. The van der Waals surface area contributed by atoms with Crippen LogP contribution in [0.3, 0.4) is 0 Å². The molecule has 0 unspecified atom stereocenters. The van der Waals surface area contributed by atoms with Crippen LogP contribution in [0.5, 0.6) is 5.75 Å². The number of rotatable bonds is 4. The number of tetrazole rings is 1. The van der Waals surface area contributed by atoms with Gasteiger partial charge in [-0.3, -0.25) is 0 Å². The zero-order valence-corrected chi connectivity index (χ0v) is 20.4. The first kappa shape index (κ1) is 22.1. The van der Waals surface area contributed by atoms with E-state index in [4.69, 9.17) is 4.74 Å². The van der Waals surface area contributed by atoms with E-state index in [1.54, 1.807) is 4.68 Å². The zero-order valence-electron chi connectivity index (χ0n) is 20.4. The average Bonchev–Trinajstić information content (AvgIpc) is 3.23. The first-order valence-corrected chi connectivity index (χ1v) is 12.1. The number of halogens is 1. The molecule has 4 heterocycles. The van der Waals surface area contributed by atoms with Crippen molar-refractivity contribution in [1.29, 1.82) is 0 Å². The Balaban J connectivity index is 1.24. The number of benzene rings is 1. The second-order valence-corrected chi connectivity index (χ2v) is 11.2. The van der Waals surface area contributed by atoms with Gasteiger partial charge in [0.15, 0.2) is 23.1 Å². The lowest BCUT2D eigenvalue weighted by atomic mass is 9.78. The van der Waals surface area contributed by atoms with Crippen LogP contribution in [0.25, 0.3) is 5.69 Å². The van der Waals surface area contributed by atoms with Crippen molar-refractivity contribution in [3.8, 4) is 11.4 Å². The third-order valence-corrected chi connectivity index (χ3v) is 7.06. The molecule has 184 valence electrons. The fourth-order valence-electron chi connectivity index (χ4n) is 5.84. The lowest BCUT2D eigenvalue weighted by molar-refractivity contribution is -0.0293. The van der Waals surface area contributed by atoms with Gasteiger partial charge >= 0.3 is 0 Å². The minimum Gasteiger partial charge on any atom is -0.477 e. The number of nitrogens with one attached hydrogen (secondary N) is 3. The van der Waals surface area contributed by atoms with Crippen molar-refractivity contribution in [3.05, 3.63) is 36.0 Å². The third kappa shape index (κ3) is 3.97. The molecule has 1 saturated carbocycles. The minimum atomic E-state index is -0.479. The smallest absolute Gasteiger partial charge is 0.229 e. The average molecular weight is 480 g/mol. The third-order valence-electron chi connectivity index (χ3n) is 7.06. The lowest BCUT2D eigenvalue weighted by Gasteiger charge is -2.46. The number of anilines is 3. The Morgan fingerprint density at radius 2 is 1.91 bits per heavy atom. The summed E-state index contributed by atoms with van der Waals surface area (Å²) in [5.41, 5.74) is 0.904. The second-order valence-electron chi connectivity index (χ2n) is 11.2. The maximum Gasteiger partial charge on any atom is 0.229 e. The predicted octanol–water partition coefficient (Wildman–Crippen LogP) is 3.83. The number of fused-ring (bicyclic) bond motifs is 4. The molecule has 1 spiro atoms. The van der Waals surface area contributed by atoms with Crippen LogP contribution >= 0.6 is 0 Å². The van der Waals surface area contributed by atoms with Crippen molar-refractivity contribution in [1.82, 2.24) is 35.5 Å². The summed E-state index contributed by atoms with van der Waals surface area (Å²) >= 11 is 0. The van der Waals surface area contributed by atoms with E-state index in [1.807, 2.05) is 18.2 Å². The summed E-state index contributed by atoms with van der Waals surface area (Å²) < 4.78 is 22.7. The largest absolute Gasteiger partial charge is 0.477 e. The van der Waals surface area contributed by atoms with Gasteiger partial charge in [0, 0.05) is 22.8 Å². The molecule has 3 aromatic rings. The molecule has 2 fully saturated rings. The Labute approximate surface area is 203 Å².